The summed E-state index contributed by atoms with van der Waals surface area (Å²) in [5, 5.41) is 2.21. The molecule has 40 valence electrons. The third-order valence-electron chi connectivity index (χ3n) is 0.285. The van der Waals surface area contributed by atoms with Crippen molar-refractivity contribution in [3.05, 3.63) is 12.7 Å². The molecule has 0 atom stereocenters. The fourth-order valence-corrected chi connectivity index (χ4v) is 0.176. The lowest BCUT2D eigenvalue weighted by Crippen LogP contribution is -1.61. The second-order valence-electron chi connectivity index (χ2n) is 0.721. The second-order valence-corrected chi connectivity index (χ2v) is 0.903. The largest absolute Gasteiger partial charge is 0.412 e. The van der Waals surface area contributed by atoms with Gasteiger partial charge in [0.25, 0.3) is 0 Å². The fourth-order valence-electron chi connectivity index (χ4n) is 0.102. The minimum Gasteiger partial charge on any atom is -0.412 e. The Labute approximate surface area is 47.9 Å². The zero-order valence-corrected chi connectivity index (χ0v) is 4.66. The third kappa shape index (κ3) is 10.8. The van der Waals surface area contributed by atoms with Crippen LogP contribution in [0.1, 0.15) is 0 Å². The highest BCUT2D eigenvalue weighted by molar-refractivity contribution is 7.78. The molecule has 0 aliphatic rings. The van der Waals surface area contributed by atoms with E-state index < -0.39 is 0 Å². The van der Waals surface area contributed by atoms with Crippen LogP contribution in [-0.4, -0.2) is 17.2 Å². The number of hydrogen-bond donors (Lipinski definition) is 0. The van der Waals surface area contributed by atoms with E-state index in [1.807, 2.05) is 0 Å². The number of nitrogens with zero attached hydrogens (tertiary/aromatic N) is 1. The van der Waals surface area contributed by atoms with Gasteiger partial charge < -0.3 is 5.48 Å². The maximum atomic E-state index is 4.25. The number of thiocarbonyl (C=S) groups is 1. The standard InChI is InChI=1S/C4H5NS.H2O/c1-2-3-5-4-6;/h2H,1,3H2;1H2. The van der Waals surface area contributed by atoms with Crippen LogP contribution in [0.2, 0.25) is 0 Å². The molecular weight excluding hydrogens is 110 g/mol. The molecule has 2 N–H and O–H groups in total. The van der Waals surface area contributed by atoms with Gasteiger partial charge in [0.1, 0.15) is 0 Å². The summed E-state index contributed by atoms with van der Waals surface area (Å²) in [6.07, 6.45) is 1.67. The molecular formula is C4H7NOS. The van der Waals surface area contributed by atoms with Crippen LogP contribution in [0.15, 0.2) is 17.6 Å². The molecule has 0 aromatic heterocycles. The number of aliphatic imine (C=N–C) groups is 1. The lowest BCUT2D eigenvalue weighted by Gasteiger charge is -1.65. The number of hydrogen-bond acceptors (Lipinski definition) is 2. The quantitative estimate of drug-likeness (QED) is 0.294. The Balaban J connectivity index is 0. The van der Waals surface area contributed by atoms with Gasteiger partial charge in [-0.25, -0.2) is 4.99 Å². The van der Waals surface area contributed by atoms with Crippen LogP contribution < -0.4 is 0 Å². The molecule has 3 heteroatoms. The molecule has 0 heterocycles. The van der Waals surface area contributed by atoms with E-state index in [9.17, 15) is 0 Å². The lowest BCUT2D eigenvalue weighted by atomic mass is 10.7. The lowest BCUT2D eigenvalue weighted by molar-refractivity contribution is 0.824. The van der Waals surface area contributed by atoms with Crippen molar-refractivity contribution < 1.29 is 5.48 Å². The summed E-state index contributed by atoms with van der Waals surface area (Å²) >= 11 is 4.25. The number of isothiocyanates is 1. The summed E-state index contributed by atoms with van der Waals surface area (Å²) in [7, 11) is 0. The van der Waals surface area contributed by atoms with Crippen molar-refractivity contribution in [3.63, 3.8) is 0 Å². The first-order valence-corrected chi connectivity index (χ1v) is 1.97. The van der Waals surface area contributed by atoms with Gasteiger partial charge in [-0.05, 0) is 12.2 Å². The smallest absolute Gasteiger partial charge is 0.0671 e. The van der Waals surface area contributed by atoms with E-state index in [0.717, 1.165) is 0 Å². The zero-order chi connectivity index (χ0) is 4.83. The Morgan fingerprint density at radius 3 is 2.57 bits per heavy atom. The second kappa shape index (κ2) is 9.09. The molecule has 0 radical (unpaired) electrons. The molecule has 0 aliphatic carbocycles. The van der Waals surface area contributed by atoms with Crippen molar-refractivity contribution in [2.24, 2.45) is 4.99 Å². The van der Waals surface area contributed by atoms with Crippen molar-refractivity contribution in [1.82, 2.24) is 0 Å². The van der Waals surface area contributed by atoms with Gasteiger partial charge in [-0.3, -0.25) is 0 Å². The van der Waals surface area contributed by atoms with E-state index in [1.54, 1.807) is 6.08 Å². The first-order chi connectivity index (χ1) is 2.91. The zero-order valence-electron chi connectivity index (χ0n) is 3.85. The molecule has 0 rings (SSSR count). The minimum absolute atomic E-state index is 0. The van der Waals surface area contributed by atoms with E-state index >= 15 is 0 Å². The summed E-state index contributed by atoms with van der Waals surface area (Å²) < 4.78 is 0. The highest BCUT2D eigenvalue weighted by Crippen LogP contribution is 1.62. The molecule has 0 fully saturated rings. The Kier molecular flexibility index (Phi) is 12.6. The van der Waals surface area contributed by atoms with E-state index in [4.69, 9.17) is 0 Å². The van der Waals surface area contributed by atoms with Crippen LogP contribution in [0, 0.1) is 0 Å². The van der Waals surface area contributed by atoms with Crippen LogP contribution in [0.5, 0.6) is 0 Å². The first kappa shape index (κ1) is 9.71. The molecule has 0 saturated heterocycles. The van der Waals surface area contributed by atoms with E-state index in [0.29, 0.717) is 6.54 Å². The van der Waals surface area contributed by atoms with Crippen molar-refractivity contribution >= 4 is 17.4 Å². The minimum atomic E-state index is 0. The fraction of sp³-hybridized carbons (Fsp3) is 0.250. The van der Waals surface area contributed by atoms with Crippen molar-refractivity contribution in [2.45, 2.75) is 0 Å². The molecule has 7 heavy (non-hydrogen) atoms. The Hall–Kier alpha value is -0.500. The molecule has 2 nitrogen and oxygen atoms in total. The van der Waals surface area contributed by atoms with Crippen molar-refractivity contribution in [3.8, 4) is 0 Å². The molecule has 0 aliphatic heterocycles. The predicted molar refractivity (Wildman–Crippen MR) is 33.7 cm³/mol. The van der Waals surface area contributed by atoms with Gasteiger partial charge in [0, 0.05) is 0 Å². The van der Waals surface area contributed by atoms with E-state index in [-0.39, 0.29) is 5.48 Å². The van der Waals surface area contributed by atoms with Gasteiger partial charge in [0.2, 0.25) is 0 Å². The maximum Gasteiger partial charge on any atom is 0.0671 e. The Morgan fingerprint density at radius 1 is 1.86 bits per heavy atom. The van der Waals surface area contributed by atoms with Crippen LogP contribution >= 0.6 is 12.2 Å². The molecule has 0 spiro atoms. The number of rotatable bonds is 2. The van der Waals surface area contributed by atoms with Crippen LogP contribution in [0.4, 0.5) is 0 Å². The van der Waals surface area contributed by atoms with Gasteiger partial charge in [0.05, 0.1) is 11.7 Å². The van der Waals surface area contributed by atoms with Crippen LogP contribution in [-0.2, 0) is 0 Å². The van der Waals surface area contributed by atoms with Crippen LogP contribution in [0.25, 0.3) is 0 Å². The average Bonchev–Trinajstić information content (AvgIpc) is 1.61. The Morgan fingerprint density at radius 2 is 2.43 bits per heavy atom. The molecule has 0 amide bonds. The summed E-state index contributed by atoms with van der Waals surface area (Å²) in [4.78, 5) is 3.54. The summed E-state index contributed by atoms with van der Waals surface area (Å²) in [5.41, 5.74) is 0. The molecule has 0 aromatic rings. The molecule has 0 aromatic carbocycles. The van der Waals surface area contributed by atoms with Crippen molar-refractivity contribution in [2.75, 3.05) is 6.54 Å². The molecule has 0 bridgehead atoms. The van der Waals surface area contributed by atoms with Gasteiger partial charge in [-0.2, -0.15) is 0 Å². The average molecular weight is 117 g/mol. The third-order valence-corrected chi connectivity index (χ3v) is 0.414. The van der Waals surface area contributed by atoms with E-state index in [1.165, 1.54) is 0 Å². The summed E-state index contributed by atoms with van der Waals surface area (Å²) in [6, 6.07) is 0. The summed E-state index contributed by atoms with van der Waals surface area (Å²) in [5.74, 6) is 0. The Bertz CT molecular complexity index is 85.7. The van der Waals surface area contributed by atoms with E-state index in [2.05, 4.69) is 29.0 Å². The maximum absolute atomic E-state index is 4.25. The van der Waals surface area contributed by atoms with Crippen molar-refractivity contribution in [1.29, 1.82) is 0 Å². The van der Waals surface area contributed by atoms with Crippen LogP contribution in [0.3, 0.4) is 0 Å². The predicted octanol–water partition coefficient (Wildman–Crippen LogP) is 0.450. The van der Waals surface area contributed by atoms with Gasteiger partial charge in [0.15, 0.2) is 0 Å². The summed E-state index contributed by atoms with van der Waals surface area (Å²) in [6.45, 7) is 4.00. The highest BCUT2D eigenvalue weighted by Gasteiger charge is 1.56. The van der Waals surface area contributed by atoms with Gasteiger partial charge in [-0.15, -0.1) is 6.58 Å². The monoisotopic (exact) mass is 117 g/mol. The van der Waals surface area contributed by atoms with Gasteiger partial charge in [-0.1, -0.05) is 6.08 Å². The van der Waals surface area contributed by atoms with Gasteiger partial charge >= 0.3 is 0 Å². The topological polar surface area (TPSA) is 43.9 Å². The first-order valence-electron chi connectivity index (χ1n) is 1.56. The normalized spacial score (nSPS) is 5.14. The molecule has 0 unspecified atom stereocenters. The highest BCUT2D eigenvalue weighted by atomic mass is 32.1. The SMILES string of the molecule is C=CCN=C=S.O. The molecule has 0 saturated carbocycles.